The molecule has 0 spiro atoms. The van der Waals surface area contributed by atoms with Gasteiger partial charge in [0.05, 0.1) is 6.61 Å². The van der Waals surface area contributed by atoms with E-state index in [1.54, 1.807) is 12.1 Å². The second-order valence-electron chi connectivity index (χ2n) is 4.68. The second kappa shape index (κ2) is 5.23. The molecule has 0 aliphatic rings. The lowest BCUT2D eigenvalue weighted by Crippen LogP contribution is -1.86. The fourth-order valence-electron chi connectivity index (χ4n) is 2.28. The number of aliphatic hydroxyl groups is 1. The molecule has 1 nitrogen and oxygen atoms in total. The molecule has 0 aromatic heterocycles. The first-order valence-electron chi connectivity index (χ1n) is 6.26. The summed E-state index contributed by atoms with van der Waals surface area (Å²) in [7, 11) is 0. The summed E-state index contributed by atoms with van der Waals surface area (Å²) in [6.07, 6.45) is 0. The Morgan fingerprint density at radius 1 is 0.900 bits per heavy atom. The molecule has 0 aliphatic heterocycles. The first kappa shape index (κ1) is 13.1. The van der Waals surface area contributed by atoms with Crippen LogP contribution in [0.1, 0.15) is 5.56 Å². The maximum atomic E-state index is 13.9. The molecule has 0 aliphatic carbocycles. The Morgan fingerprint density at radius 3 is 2.40 bits per heavy atom. The molecule has 100 valence electrons. The number of benzene rings is 3. The number of fused-ring (bicyclic) bond motifs is 1. The second-order valence-corrected chi connectivity index (χ2v) is 5.12. The molecule has 20 heavy (non-hydrogen) atoms. The molecule has 0 fully saturated rings. The van der Waals surface area contributed by atoms with E-state index in [-0.39, 0.29) is 12.4 Å². The average Bonchev–Trinajstić information content (AvgIpc) is 2.46. The third-order valence-corrected chi connectivity index (χ3v) is 3.56. The lowest BCUT2D eigenvalue weighted by Gasteiger charge is -2.07. The van der Waals surface area contributed by atoms with E-state index in [9.17, 15) is 4.39 Å². The van der Waals surface area contributed by atoms with Gasteiger partial charge in [0.2, 0.25) is 0 Å². The van der Waals surface area contributed by atoms with Crippen LogP contribution in [0.25, 0.3) is 21.9 Å². The normalized spacial score (nSPS) is 10.9. The molecule has 0 heterocycles. The Morgan fingerprint density at radius 2 is 1.65 bits per heavy atom. The number of aliphatic hydroxyl groups excluding tert-OH is 1. The van der Waals surface area contributed by atoms with E-state index in [4.69, 9.17) is 16.7 Å². The van der Waals surface area contributed by atoms with Gasteiger partial charge in [0, 0.05) is 10.6 Å². The van der Waals surface area contributed by atoms with Gasteiger partial charge in [-0.25, -0.2) is 4.39 Å². The van der Waals surface area contributed by atoms with E-state index in [1.807, 2.05) is 36.4 Å². The highest BCUT2D eigenvalue weighted by atomic mass is 35.5. The minimum atomic E-state index is -0.330. The lowest BCUT2D eigenvalue weighted by atomic mass is 10.00. The van der Waals surface area contributed by atoms with Gasteiger partial charge < -0.3 is 5.11 Å². The van der Waals surface area contributed by atoms with E-state index in [1.165, 1.54) is 6.07 Å². The highest BCUT2D eigenvalue weighted by molar-refractivity contribution is 6.30. The van der Waals surface area contributed by atoms with Gasteiger partial charge in [0.15, 0.2) is 0 Å². The zero-order valence-electron chi connectivity index (χ0n) is 10.6. The monoisotopic (exact) mass is 286 g/mol. The molecule has 3 aromatic rings. The van der Waals surface area contributed by atoms with Gasteiger partial charge >= 0.3 is 0 Å². The molecule has 3 rings (SSSR count). The molecule has 1 N–H and O–H groups in total. The number of hydrogen-bond acceptors (Lipinski definition) is 1. The first-order valence-corrected chi connectivity index (χ1v) is 6.64. The van der Waals surface area contributed by atoms with Gasteiger partial charge in [0.1, 0.15) is 5.82 Å². The Hall–Kier alpha value is -1.90. The highest BCUT2D eigenvalue weighted by Crippen LogP contribution is 2.28. The van der Waals surface area contributed by atoms with Gasteiger partial charge in [-0.05, 0) is 52.2 Å². The summed E-state index contributed by atoms with van der Waals surface area (Å²) in [5.41, 5.74) is 2.20. The van der Waals surface area contributed by atoms with Gasteiger partial charge in [-0.15, -0.1) is 0 Å². The third-order valence-electron chi connectivity index (χ3n) is 3.33. The van der Waals surface area contributed by atoms with Crippen LogP contribution in [0.4, 0.5) is 4.39 Å². The SMILES string of the molecule is OCc1ccc2cc(-c3ccc(Cl)cc3F)ccc2c1. The zero-order chi connectivity index (χ0) is 14.1. The van der Waals surface area contributed by atoms with Crippen molar-refractivity contribution in [3.8, 4) is 11.1 Å². The summed E-state index contributed by atoms with van der Waals surface area (Å²) in [6, 6.07) is 16.1. The predicted octanol–water partition coefficient (Wildman–Crippen LogP) is 4.79. The van der Waals surface area contributed by atoms with Crippen molar-refractivity contribution in [2.24, 2.45) is 0 Å². The van der Waals surface area contributed by atoms with Crippen LogP contribution in [0.15, 0.2) is 54.6 Å². The molecule has 0 amide bonds. The smallest absolute Gasteiger partial charge is 0.132 e. The van der Waals surface area contributed by atoms with Crippen molar-refractivity contribution in [3.63, 3.8) is 0 Å². The fraction of sp³-hybridized carbons (Fsp3) is 0.0588. The molecule has 0 saturated carbocycles. The van der Waals surface area contributed by atoms with Crippen molar-refractivity contribution >= 4 is 22.4 Å². The third kappa shape index (κ3) is 2.40. The summed E-state index contributed by atoms with van der Waals surface area (Å²) < 4.78 is 13.9. The summed E-state index contributed by atoms with van der Waals surface area (Å²) in [4.78, 5) is 0. The predicted molar refractivity (Wildman–Crippen MR) is 80.3 cm³/mol. The van der Waals surface area contributed by atoms with E-state index in [0.29, 0.717) is 10.6 Å². The maximum Gasteiger partial charge on any atom is 0.132 e. The zero-order valence-corrected chi connectivity index (χ0v) is 11.4. The molecule has 0 bridgehead atoms. The summed E-state index contributed by atoms with van der Waals surface area (Å²) in [6.45, 7) is 0.0174. The lowest BCUT2D eigenvalue weighted by molar-refractivity contribution is 0.282. The van der Waals surface area contributed by atoms with Crippen LogP contribution >= 0.6 is 11.6 Å². The summed E-state index contributed by atoms with van der Waals surface area (Å²) >= 11 is 5.77. The van der Waals surface area contributed by atoms with Crippen LogP contribution in [-0.4, -0.2) is 5.11 Å². The topological polar surface area (TPSA) is 20.2 Å². The Balaban J connectivity index is 2.13. The van der Waals surface area contributed by atoms with E-state index in [0.717, 1.165) is 21.9 Å². The van der Waals surface area contributed by atoms with E-state index >= 15 is 0 Å². The van der Waals surface area contributed by atoms with Crippen LogP contribution in [0.3, 0.4) is 0 Å². The molecule has 0 atom stereocenters. The number of hydrogen-bond donors (Lipinski definition) is 1. The van der Waals surface area contributed by atoms with Crippen LogP contribution in [0.5, 0.6) is 0 Å². The number of rotatable bonds is 2. The van der Waals surface area contributed by atoms with Gasteiger partial charge in [-0.1, -0.05) is 35.9 Å². The fourth-order valence-corrected chi connectivity index (χ4v) is 2.44. The van der Waals surface area contributed by atoms with Gasteiger partial charge in [-0.2, -0.15) is 0 Å². The van der Waals surface area contributed by atoms with Crippen LogP contribution in [-0.2, 0) is 6.61 Å². The van der Waals surface area contributed by atoms with Crippen molar-refractivity contribution in [1.29, 1.82) is 0 Å². The minimum absolute atomic E-state index is 0.0174. The molecular weight excluding hydrogens is 275 g/mol. The van der Waals surface area contributed by atoms with Crippen LogP contribution < -0.4 is 0 Å². The molecular formula is C17H12ClFO. The first-order chi connectivity index (χ1) is 9.67. The molecule has 3 aromatic carbocycles. The van der Waals surface area contributed by atoms with Crippen LogP contribution in [0, 0.1) is 5.82 Å². The molecule has 3 heteroatoms. The molecule has 0 saturated heterocycles. The van der Waals surface area contributed by atoms with Crippen molar-refractivity contribution in [3.05, 3.63) is 71.0 Å². The average molecular weight is 287 g/mol. The van der Waals surface area contributed by atoms with Crippen molar-refractivity contribution in [1.82, 2.24) is 0 Å². The van der Waals surface area contributed by atoms with Crippen molar-refractivity contribution in [2.75, 3.05) is 0 Å². The van der Waals surface area contributed by atoms with Gasteiger partial charge in [0.25, 0.3) is 0 Å². The van der Waals surface area contributed by atoms with Gasteiger partial charge in [-0.3, -0.25) is 0 Å². The standard InChI is InChI=1S/C17H12ClFO/c18-15-5-6-16(17(19)9-15)14-4-3-12-7-11(10-20)1-2-13(12)8-14/h1-9,20H,10H2. The molecule has 0 radical (unpaired) electrons. The Labute approximate surface area is 121 Å². The minimum Gasteiger partial charge on any atom is -0.392 e. The maximum absolute atomic E-state index is 13.9. The largest absolute Gasteiger partial charge is 0.392 e. The summed E-state index contributed by atoms with van der Waals surface area (Å²) in [5, 5.41) is 11.5. The van der Waals surface area contributed by atoms with Crippen molar-refractivity contribution < 1.29 is 9.50 Å². The van der Waals surface area contributed by atoms with Crippen molar-refractivity contribution in [2.45, 2.75) is 6.61 Å². The van der Waals surface area contributed by atoms with E-state index < -0.39 is 0 Å². The molecule has 0 unspecified atom stereocenters. The Bertz CT molecular complexity index is 783. The number of halogens is 2. The van der Waals surface area contributed by atoms with Crippen LogP contribution in [0.2, 0.25) is 5.02 Å². The quantitative estimate of drug-likeness (QED) is 0.718. The Kier molecular flexibility index (Phi) is 3.43. The van der Waals surface area contributed by atoms with E-state index in [2.05, 4.69) is 0 Å². The summed E-state index contributed by atoms with van der Waals surface area (Å²) in [5.74, 6) is -0.330. The highest BCUT2D eigenvalue weighted by Gasteiger charge is 2.06.